The topological polar surface area (TPSA) is 85.0 Å². The van der Waals surface area contributed by atoms with Crippen molar-refractivity contribution in [3.8, 4) is 11.5 Å². The number of methoxy groups -OCH3 is 1. The van der Waals surface area contributed by atoms with Crippen molar-refractivity contribution in [1.29, 1.82) is 0 Å². The Morgan fingerprint density at radius 2 is 2.05 bits per heavy atom. The highest BCUT2D eigenvalue weighted by Crippen LogP contribution is 2.27. The number of rotatable bonds is 4. The summed E-state index contributed by atoms with van der Waals surface area (Å²) in [6.07, 6.45) is 1.36. The number of benzene rings is 2. The summed E-state index contributed by atoms with van der Waals surface area (Å²) < 4.78 is 5.14. The maximum Gasteiger partial charge on any atom is 0.270 e. The number of nitro groups is 1. The van der Waals surface area contributed by atoms with Gasteiger partial charge in [-0.2, -0.15) is 0 Å². The van der Waals surface area contributed by atoms with E-state index in [0.29, 0.717) is 11.4 Å². The van der Waals surface area contributed by atoms with Crippen molar-refractivity contribution in [2.75, 3.05) is 7.11 Å². The summed E-state index contributed by atoms with van der Waals surface area (Å²) in [5.74, 6) is 0.503. The highest BCUT2D eigenvalue weighted by atomic mass is 16.6. The van der Waals surface area contributed by atoms with Gasteiger partial charge in [0.2, 0.25) is 0 Å². The average molecular weight is 272 g/mol. The number of aliphatic imine (C=N–C) groups is 1. The predicted molar refractivity (Wildman–Crippen MR) is 75.0 cm³/mol. The molecule has 2 rings (SSSR count). The number of non-ortho nitro benzene ring substituents is 1. The molecular weight excluding hydrogens is 260 g/mol. The van der Waals surface area contributed by atoms with Gasteiger partial charge in [0.15, 0.2) is 0 Å². The van der Waals surface area contributed by atoms with Crippen LogP contribution in [0, 0.1) is 10.1 Å². The summed E-state index contributed by atoms with van der Waals surface area (Å²) in [4.78, 5) is 14.3. The number of phenols is 1. The molecule has 0 atom stereocenters. The largest absolute Gasteiger partial charge is 0.507 e. The molecule has 0 saturated heterocycles. The first-order valence-electron chi connectivity index (χ1n) is 5.76. The molecule has 20 heavy (non-hydrogen) atoms. The van der Waals surface area contributed by atoms with Gasteiger partial charge >= 0.3 is 0 Å². The van der Waals surface area contributed by atoms with Gasteiger partial charge in [-0.3, -0.25) is 15.1 Å². The highest BCUT2D eigenvalue weighted by Gasteiger charge is 2.09. The standard InChI is InChI=1S/C14H12N2O4/c1-20-14-5-3-2-4-12(14)15-9-10-8-11(16(18)19)6-7-13(10)17/h2-9,17H,1H3/b15-9+. The molecule has 1 N–H and O–H groups in total. The molecule has 2 aromatic carbocycles. The first kappa shape index (κ1) is 13.5. The number of ether oxygens (including phenoxy) is 1. The molecule has 102 valence electrons. The lowest BCUT2D eigenvalue weighted by molar-refractivity contribution is -0.384. The van der Waals surface area contributed by atoms with E-state index in [0.717, 1.165) is 0 Å². The van der Waals surface area contributed by atoms with Gasteiger partial charge in [-0.25, -0.2) is 0 Å². The van der Waals surface area contributed by atoms with E-state index in [-0.39, 0.29) is 17.0 Å². The zero-order valence-electron chi connectivity index (χ0n) is 10.7. The van der Waals surface area contributed by atoms with Crippen LogP contribution >= 0.6 is 0 Å². The van der Waals surface area contributed by atoms with Gasteiger partial charge in [-0.1, -0.05) is 12.1 Å². The lowest BCUT2D eigenvalue weighted by Crippen LogP contribution is -1.90. The molecule has 0 fully saturated rings. The molecule has 0 bridgehead atoms. The van der Waals surface area contributed by atoms with E-state index in [1.165, 1.54) is 31.5 Å². The van der Waals surface area contributed by atoms with Gasteiger partial charge in [-0.05, 0) is 18.2 Å². The second-order valence-electron chi connectivity index (χ2n) is 3.93. The first-order chi connectivity index (χ1) is 9.61. The molecule has 0 amide bonds. The molecule has 0 heterocycles. The fourth-order valence-electron chi connectivity index (χ4n) is 1.63. The molecule has 2 aromatic rings. The monoisotopic (exact) mass is 272 g/mol. The van der Waals surface area contributed by atoms with Crippen LogP contribution in [0.2, 0.25) is 0 Å². The summed E-state index contributed by atoms with van der Waals surface area (Å²) in [6.45, 7) is 0. The van der Waals surface area contributed by atoms with Crippen LogP contribution < -0.4 is 4.74 Å². The third kappa shape index (κ3) is 2.92. The fraction of sp³-hybridized carbons (Fsp3) is 0.0714. The van der Waals surface area contributed by atoms with Crippen LogP contribution in [-0.2, 0) is 0 Å². The van der Waals surface area contributed by atoms with Gasteiger partial charge in [0, 0.05) is 23.9 Å². The maximum atomic E-state index is 10.7. The number of aromatic hydroxyl groups is 1. The van der Waals surface area contributed by atoms with Crippen molar-refractivity contribution >= 4 is 17.6 Å². The van der Waals surface area contributed by atoms with Crippen molar-refractivity contribution in [2.45, 2.75) is 0 Å². The van der Waals surface area contributed by atoms with Crippen LogP contribution in [0.15, 0.2) is 47.5 Å². The minimum atomic E-state index is -0.528. The number of phenolic OH excluding ortho intramolecular Hbond substituents is 1. The summed E-state index contributed by atoms with van der Waals surface area (Å²) in [5, 5.41) is 20.4. The molecule has 6 nitrogen and oxygen atoms in total. The lowest BCUT2D eigenvalue weighted by Gasteiger charge is -2.03. The van der Waals surface area contributed by atoms with Gasteiger partial charge < -0.3 is 9.84 Å². The highest BCUT2D eigenvalue weighted by molar-refractivity contribution is 5.86. The number of nitrogens with zero attached hydrogens (tertiary/aromatic N) is 2. The molecule has 0 aromatic heterocycles. The molecule has 0 saturated carbocycles. The average Bonchev–Trinajstić information content (AvgIpc) is 2.46. The van der Waals surface area contributed by atoms with Crippen molar-refractivity contribution < 1.29 is 14.8 Å². The van der Waals surface area contributed by atoms with Crippen molar-refractivity contribution in [3.63, 3.8) is 0 Å². The zero-order valence-corrected chi connectivity index (χ0v) is 10.7. The normalized spacial score (nSPS) is 10.7. The molecule has 0 unspecified atom stereocenters. The Kier molecular flexibility index (Phi) is 3.95. The van der Waals surface area contributed by atoms with Crippen LogP contribution in [-0.4, -0.2) is 23.4 Å². The van der Waals surface area contributed by atoms with Crippen LogP contribution in [0.5, 0.6) is 11.5 Å². The van der Waals surface area contributed by atoms with E-state index < -0.39 is 4.92 Å². The molecule has 0 radical (unpaired) electrons. The fourth-order valence-corrected chi connectivity index (χ4v) is 1.63. The van der Waals surface area contributed by atoms with E-state index in [9.17, 15) is 15.2 Å². The van der Waals surface area contributed by atoms with Crippen LogP contribution in [0.25, 0.3) is 0 Å². The van der Waals surface area contributed by atoms with Crippen LogP contribution in [0.4, 0.5) is 11.4 Å². The minimum absolute atomic E-state index is 0.0748. The molecule has 0 aliphatic heterocycles. The van der Waals surface area contributed by atoms with E-state index in [1.807, 2.05) is 6.07 Å². The Morgan fingerprint density at radius 1 is 1.30 bits per heavy atom. The van der Waals surface area contributed by atoms with Gasteiger partial charge in [0.1, 0.15) is 17.2 Å². The summed E-state index contributed by atoms with van der Waals surface area (Å²) in [7, 11) is 1.53. The predicted octanol–water partition coefficient (Wildman–Crippen LogP) is 3.06. The molecule has 0 aliphatic carbocycles. The Morgan fingerprint density at radius 3 is 2.75 bits per heavy atom. The van der Waals surface area contributed by atoms with Gasteiger partial charge in [0.05, 0.1) is 12.0 Å². The Labute approximate surface area is 115 Å². The van der Waals surface area contributed by atoms with Crippen molar-refractivity contribution in [1.82, 2.24) is 0 Å². The summed E-state index contributed by atoms with van der Waals surface area (Å²) in [5.41, 5.74) is 0.732. The van der Waals surface area contributed by atoms with Gasteiger partial charge in [-0.15, -0.1) is 0 Å². The number of para-hydroxylation sites is 2. The third-order valence-corrected chi connectivity index (χ3v) is 2.65. The van der Waals surface area contributed by atoms with E-state index in [2.05, 4.69) is 4.99 Å². The number of hydrogen-bond acceptors (Lipinski definition) is 5. The third-order valence-electron chi connectivity index (χ3n) is 2.65. The summed E-state index contributed by atoms with van der Waals surface area (Å²) >= 11 is 0. The quantitative estimate of drug-likeness (QED) is 0.526. The maximum absolute atomic E-state index is 10.7. The van der Waals surface area contributed by atoms with Crippen LogP contribution in [0.3, 0.4) is 0 Å². The van der Waals surface area contributed by atoms with Gasteiger partial charge in [0.25, 0.3) is 5.69 Å². The first-order valence-corrected chi connectivity index (χ1v) is 5.76. The zero-order chi connectivity index (χ0) is 14.5. The molecule has 6 heteroatoms. The lowest BCUT2D eigenvalue weighted by atomic mass is 10.2. The smallest absolute Gasteiger partial charge is 0.270 e. The van der Waals surface area contributed by atoms with Crippen molar-refractivity contribution in [2.24, 2.45) is 4.99 Å². The molecule has 0 aliphatic rings. The number of nitro benzene ring substituents is 1. The summed E-state index contributed by atoms with van der Waals surface area (Å²) in [6, 6.07) is 10.8. The Bertz CT molecular complexity index is 668. The van der Waals surface area contributed by atoms with E-state index >= 15 is 0 Å². The van der Waals surface area contributed by atoms with E-state index in [4.69, 9.17) is 4.74 Å². The Hall–Kier alpha value is -2.89. The molecular formula is C14H12N2O4. The van der Waals surface area contributed by atoms with Crippen LogP contribution in [0.1, 0.15) is 5.56 Å². The molecule has 0 spiro atoms. The SMILES string of the molecule is COc1ccccc1/N=C/c1cc([N+](=O)[O-])ccc1O. The minimum Gasteiger partial charge on any atom is -0.507 e. The van der Waals surface area contributed by atoms with E-state index in [1.54, 1.807) is 18.2 Å². The number of hydrogen-bond donors (Lipinski definition) is 1. The Balaban J connectivity index is 2.36. The second kappa shape index (κ2) is 5.83. The second-order valence-corrected chi connectivity index (χ2v) is 3.93. The van der Waals surface area contributed by atoms with Crippen molar-refractivity contribution in [3.05, 3.63) is 58.1 Å².